The second-order valence-corrected chi connectivity index (χ2v) is 10.1. The number of carbonyl (C=O) groups excluding carboxylic acids is 1. The Labute approximate surface area is 215 Å². The van der Waals surface area contributed by atoms with Crippen LogP contribution in [0.15, 0.2) is 54.2 Å². The molecule has 36 heavy (non-hydrogen) atoms. The number of ether oxygens (including phenoxy) is 1. The van der Waals surface area contributed by atoms with Crippen molar-refractivity contribution >= 4 is 34.6 Å². The Morgan fingerprint density at radius 3 is 2.58 bits per heavy atom. The summed E-state index contributed by atoms with van der Waals surface area (Å²) in [5.41, 5.74) is 6.75. The third-order valence-corrected chi connectivity index (χ3v) is 7.29. The van der Waals surface area contributed by atoms with Crippen LogP contribution < -0.4 is 15.8 Å². The van der Waals surface area contributed by atoms with Gasteiger partial charge in [-0.15, -0.1) is 11.3 Å². The highest BCUT2D eigenvalue weighted by Gasteiger charge is 2.23. The summed E-state index contributed by atoms with van der Waals surface area (Å²) >= 11 is 1.30. The van der Waals surface area contributed by atoms with E-state index >= 15 is 0 Å². The van der Waals surface area contributed by atoms with Crippen molar-refractivity contribution in [2.24, 2.45) is 0 Å². The third-order valence-electron chi connectivity index (χ3n) is 6.53. The van der Waals surface area contributed by atoms with Crippen molar-refractivity contribution in [3.63, 3.8) is 0 Å². The van der Waals surface area contributed by atoms with E-state index in [1.807, 2.05) is 36.4 Å². The zero-order chi connectivity index (χ0) is 24.7. The van der Waals surface area contributed by atoms with E-state index < -0.39 is 0 Å². The number of amides is 1. The molecule has 1 amide bonds. The maximum absolute atomic E-state index is 13.4. The number of hydrazine groups is 1. The average molecular weight is 509 g/mol. The molecule has 0 atom stereocenters. The number of para-hydroxylation sites is 1. The van der Waals surface area contributed by atoms with E-state index in [-0.39, 0.29) is 18.1 Å². The van der Waals surface area contributed by atoms with E-state index in [2.05, 4.69) is 26.7 Å². The number of nitrogens with zero attached hydrogens (tertiary/aromatic N) is 4. The van der Waals surface area contributed by atoms with Crippen LogP contribution in [0.1, 0.15) is 40.9 Å². The molecule has 3 aromatic rings. The Kier molecular flexibility index (Phi) is 8.07. The van der Waals surface area contributed by atoms with E-state index in [4.69, 9.17) is 9.72 Å². The summed E-state index contributed by atoms with van der Waals surface area (Å²) in [5.74, 6) is 1.16. The molecule has 0 spiro atoms. The Bertz CT molecular complexity index is 1120. The van der Waals surface area contributed by atoms with Gasteiger partial charge in [-0.3, -0.25) is 20.1 Å². The SMILES string of the molecule is O=C(c1cncs1)N(Nc1cc(CN2CCOCC2)cc(NC2CCC(O)CC2)n1)c1ccccc1. The van der Waals surface area contributed by atoms with Gasteiger partial charge in [-0.25, -0.2) is 9.99 Å². The highest BCUT2D eigenvalue weighted by molar-refractivity contribution is 7.11. The molecular weight excluding hydrogens is 476 g/mol. The Morgan fingerprint density at radius 2 is 1.86 bits per heavy atom. The summed E-state index contributed by atoms with van der Waals surface area (Å²) in [6.07, 6.45) is 4.76. The molecule has 10 heteroatoms. The van der Waals surface area contributed by atoms with Crippen molar-refractivity contribution in [1.82, 2.24) is 14.9 Å². The summed E-state index contributed by atoms with van der Waals surface area (Å²) in [5, 5.41) is 15.0. The molecule has 5 rings (SSSR count). The first-order valence-electron chi connectivity index (χ1n) is 12.4. The summed E-state index contributed by atoms with van der Waals surface area (Å²) in [4.78, 5) is 25.2. The van der Waals surface area contributed by atoms with Crippen LogP contribution in [-0.2, 0) is 11.3 Å². The summed E-state index contributed by atoms with van der Waals surface area (Å²) in [6, 6.07) is 13.8. The molecule has 2 fully saturated rings. The Morgan fingerprint density at radius 1 is 1.11 bits per heavy atom. The number of hydrogen-bond acceptors (Lipinski definition) is 9. The number of nitrogens with one attached hydrogen (secondary N) is 2. The number of hydrogen-bond donors (Lipinski definition) is 3. The zero-order valence-electron chi connectivity index (χ0n) is 20.2. The topological polar surface area (TPSA) is 103 Å². The van der Waals surface area contributed by atoms with Gasteiger partial charge in [-0.1, -0.05) is 18.2 Å². The largest absolute Gasteiger partial charge is 0.393 e. The summed E-state index contributed by atoms with van der Waals surface area (Å²) in [7, 11) is 0. The monoisotopic (exact) mass is 508 g/mol. The molecule has 0 unspecified atom stereocenters. The number of benzene rings is 1. The fourth-order valence-electron chi connectivity index (χ4n) is 4.61. The van der Waals surface area contributed by atoms with Crippen LogP contribution in [0.25, 0.3) is 0 Å². The van der Waals surface area contributed by atoms with E-state index in [0.29, 0.717) is 16.4 Å². The molecule has 2 aliphatic rings. The third kappa shape index (κ3) is 6.38. The minimum Gasteiger partial charge on any atom is -0.393 e. The van der Waals surface area contributed by atoms with Gasteiger partial charge in [0.15, 0.2) is 0 Å². The molecule has 190 valence electrons. The second kappa shape index (κ2) is 11.8. The van der Waals surface area contributed by atoms with Crippen LogP contribution in [0.2, 0.25) is 0 Å². The molecule has 1 aliphatic heterocycles. The number of carbonyl (C=O) groups is 1. The van der Waals surface area contributed by atoms with Crippen LogP contribution in [-0.4, -0.2) is 64.3 Å². The molecule has 9 nitrogen and oxygen atoms in total. The molecule has 3 heterocycles. The molecular formula is C26H32N6O3S. The van der Waals surface area contributed by atoms with Crippen molar-refractivity contribution in [3.8, 4) is 0 Å². The maximum Gasteiger partial charge on any atom is 0.288 e. The minimum absolute atomic E-state index is 0.195. The zero-order valence-corrected chi connectivity index (χ0v) is 21.0. The number of thiazole rings is 1. The van der Waals surface area contributed by atoms with Crippen LogP contribution in [0.4, 0.5) is 17.3 Å². The van der Waals surface area contributed by atoms with Gasteiger partial charge in [-0.2, -0.15) is 0 Å². The Hall–Kier alpha value is -3.05. The maximum atomic E-state index is 13.4. The standard InChI is InChI=1S/C26H32N6O3S/c33-22-8-6-20(7-9-22)28-24-14-19(17-31-10-12-35-13-11-31)15-25(29-24)30-32(21-4-2-1-3-5-21)26(34)23-16-27-18-36-23/h1-5,14-16,18,20,22,33H,6-13,17H2,(H2,28,29,30). The summed E-state index contributed by atoms with van der Waals surface area (Å²) < 4.78 is 5.51. The highest BCUT2D eigenvalue weighted by Crippen LogP contribution is 2.25. The lowest BCUT2D eigenvalue weighted by Gasteiger charge is -2.29. The van der Waals surface area contributed by atoms with Gasteiger partial charge < -0.3 is 15.2 Å². The average Bonchev–Trinajstić information content (AvgIpc) is 3.45. The first-order valence-corrected chi connectivity index (χ1v) is 13.3. The molecule has 2 aromatic heterocycles. The summed E-state index contributed by atoms with van der Waals surface area (Å²) in [6.45, 7) is 4.00. The highest BCUT2D eigenvalue weighted by atomic mass is 32.1. The molecule has 0 bridgehead atoms. The quantitative estimate of drug-likeness (QED) is 0.395. The van der Waals surface area contributed by atoms with Gasteiger partial charge in [0.05, 0.1) is 36.7 Å². The fourth-order valence-corrected chi connectivity index (χ4v) is 5.16. The van der Waals surface area contributed by atoms with Crippen molar-refractivity contribution in [3.05, 3.63) is 64.6 Å². The molecule has 3 N–H and O–H groups in total. The molecule has 1 aromatic carbocycles. The van der Waals surface area contributed by atoms with E-state index in [1.54, 1.807) is 11.7 Å². The lowest BCUT2D eigenvalue weighted by molar-refractivity contribution is 0.0342. The lowest BCUT2D eigenvalue weighted by atomic mass is 9.93. The van der Waals surface area contributed by atoms with Gasteiger partial charge in [0.25, 0.3) is 5.91 Å². The smallest absolute Gasteiger partial charge is 0.288 e. The number of aliphatic hydroxyl groups excluding tert-OH is 1. The van der Waals surface area contributed by atoms with Gasteiger partial charge in [0.2, 0.25) is 0 Å². The first-order chi connectivity index (χ1) is 17.6. The van der Waals surface area contributed by atoms with Crippen LogP contribution in [0, 0.1) is 0 Å². The van der Waals surface area contributed by atoms with Gasteiger partial charge in [-0.05, 0) is 55.5 Å². The number of anilines is 3. The fraction of sp³-hybridized carbons (Fsp3) is 0.423. The number of aromatic nitrogens is 2. The first kappa shape index (κ1) is 24.6. The predicted octanol–water partition coefficient (Wildman–Crippen LogP) is 3.76. The van der Waals surface area contributed by atoms with Crippen LogP contribution in [0.5, 0.6) is 0 Å². The normalized spacial score (nSPS) is 20.6. The van der Waals surface area contributed by atoms with Crippen LogP contribution in [0.3, 0.4) is 0 Å². The molecule has 1 saturated carbocycles. The van der Waals surface area contributed by atoms with Gasteiger partial charge in [0.1, 0.15) is 16.5 Å². The van der Waals surface area contributed by atoms with Crippen LogP contribution >= 0.6 is 11.3 Å². The van der Waals surface area contributed by atoms with E-state index in [9.17, 15) is 9.90 Å². The number of rotatable bonds is 8. The van der Waals surface area contributed by atoms with Crippen molar-refractivity contribution in [2.75, 3.05) is 42.1 Å². The predicted molar refractivity (Wildman–Crippen MR) is 141 cm³/mol. The minimum atomic E-state index is -0.210. The van der Waals surface area contributed by atoms with Crippen molar-refractivity contribution < 1.29 is 14.6 Å². The number of aliphatic hydroxyl groups is 1. The number of pyridine rings is 1. The van der Waals surface area contributed by atoms with E-state index in [1.165, 1.54) is 16.3 Å². The molecule has 1 aliphatic carbocycles. The molecule has 1 saturated heterocycles. The van der Waals surface area contributed by atoms with E-state index in [0.717, 1.165) is 69.9 Å². The van der Waals surface area contributed by atoms with Gasteiger partial charge >= 0.3 is 0 Å². The second-order valence-electron chi connectivity index (χ2n) is 9.24. The lowest BCUT2D eigenvalue weighted by Crippen LogP contribution is -2.37. The molecule has 0 radical (unpaired) electrons. The van der Waals surface area contributed by atoms with Crippen molar-refractivity contribution in [1.29, 1.82) is 0 Å². The number of morpholine rings is 1. The van der Waals surface area contributed by atoms with Crippen molar-refractivity contribution in [2.45, 2.75) is 44.4 Å². The van der Waals surface area contributed by atoms with Gasteiger partial charge in [0, 0.05) is 25.7 Å². The Balaban J connectivity index is 1.42.